The summed E-state index contributed by atoms with van der Waals surface area (Å²) in [7, 11) is 0. The molecule has 0 fully saturated rings. The van der Waals surface area contributed by atoms with Crippen molar-refractivity contribution in [1.29, 1.82) is 0 Å². The molecule has 9 nitrogen and oxygen atoms in total. The van der Waals surface area contributed by atoms with Crippen LogP contribution in [0.25, 0.3) is 0 Å². The molecule has 0 unspecified atom stereocenters. The molecule has 0 aliphatic carbocycles. The lowest BCUT2D eigenvalue weighted by Gasteiger charge is -2.15. The van der Waals surface area contributed by atoms with Crippen LogP contribution in [0, 0.1) is 5.82 Å². The lowest BCUT2D eigenvalue weighted by atomic mass is 10.0. The molecule has 0 aliphatic heterocycles. The Hall–Kier alpha value is -4.44. The van der Waals surface area contributed by atoms with Crippen molar-refractivity contribution in [3.8, 4) is 5.75 Å². The minimum Gasteiger partial charge on any atom is -0.480 e. The predicted molar refractivity (Wildman–Crippen MR) is 132 cm³/mol. The van der Waals surface area contributed by atoms with Crippen LogP contribution < -0.4 is 21.5 Å². The van der Waals surface area contributed by atoms with E-state index in [1.165, 1.54) is 48.5 Å². The summed E-state index contributed by atoms with van der Waals surface area (Å²) in [6, 6.07) is 14.6. The van der Waals surface area contributed by atoms with E-state index in [1.54, 1.807) is 18.2 Å². The van der Waals surface area contributed by atoms with Crippen molar-refractivity contribution in [2.24, 2.45) is 16.5 Å². The number of nitrogens with one attached hydrogen (secondary N) is 1. The molecule has 1 atom stereocenters. The first-order chi connectivity index (χ1) is 17.1. The topological polar surface area (TPSA) is 157 Å². The zero-order chi connectivity index (χ0) is 26.2. The third-order valence-electron chi connectivity index (χ3n) is 4.91. The number of carboxylic acid groups (broad SMARTS) is 1. The first-order valence-corrected chi connectivity index (χ1v) is 11.0. The molecule has 1 amide bonds. The van der Waals surface area contributed by atoms with Crippen molar-refractivity contribution in [2.45, 2.75) is 18.9 Å². The summed E-state index contributed by atoms with van der Waals surface area (Å²) in [4.78, 5) is 40.3. The molecule has 3 aromatic carbocycles. The highest BCUT2D eigenvalue weighted by molar-refractivity contribution is 6.31. The number of hydrogen-bond acceptors (Lipinski definition) is 5. The van der Waals surface area contributed by atoms with Crippen molar-refractivity contribution in [3.05, 3.63) is 94.3 Å². The van der Waals surface area contributed by atoms with Crippen LogP contribution in [0.15, 0.2) is 71.7 Å². The number of aliphatic carboxylic acids is 1. The minimum atomic E-state index is -1.26. The number of nitrogens with zero attached hydrogens (tertiary/aromatic N) is 1. The Morgan fingerprint density at radius 2 is 1.78 bits per heavy atom. The van der Waals surface area contributed by atoms with Crippen LogP contribution in [0.2, 0.25) is 5.02 Å². The Kier molecular flexibility index (Phi) is 8.58. The standard InChI is InChI=1S/C25H22ClFN4O5/c26-20-13-19(36-24(35)15-4-7-18(8-5-15)30-25(28)29)9-6-16(20)12-22(32)31-21(23(33)34)11-14-2-1-3-17(27)10-14/h1-10,13,21H,11-12H2,(H,31,32)(H,33,34)(H4,28,29,30)/t21-/m0/s1. The molecule has 36 heavy (non-hydrogen) atoms. The van der Waals surface area contributed by atoms with E-state index in [4.69, 9.17) is 27.8 Å². The summed E-state index contributed by atoms with van der Waals surface area (Å²) in [5, 5.41) is 12.0. The molecular formula is C25H22ClFN4O5. The lowest BCUT2D eigenvalue weighted by Crippen LogP contribution is -2.43. The number of esters is 1. The molecule has 0 bridgehead atoms. The SMILES string of the molecule is NC(N)=Nc1ccc(C(=O)Oc2ccc(CC(=O)N[C@@H](Cc3cccc(F)c3)C(=O)O)c(Cl)c2)cc1. The molecule has 0 saturated heterocycles. The fourth-order valence-electron chi connectivity index (χ4n) is 3.24. The number of guanidine groups is 1. The van der Waals surface area contributed by atoms with Gasteiger partial charge in [-0.15, -0.1) is 0 Å². The van der Waals surface area contributed by atoms with Gasteiger partial charge in [0.25, 0.3) is 0 Å². The maximum absolute atomic E-state index is 13.4. The Bertz CT molecular complexity index is 1310. The summed E-state index contributed by atoms with van der Waals surface area (Å²) in [6.45, 7) is 0. The van der Waals surface area contributed by atoms with Gasteiger partial charge in [0.15, 0.2) is 5.96 Å². The molecular weight excluding hydrogens is 491 g/mol. The van der Waals surface area contributed by atoms with Crippen LogP contribution in [0.3, 0.4) is 0 Å². The van der Waals surface area contributed by atoms with Crippen LogP contribution in [-0.2, 0) is 22.4 Å². The first-order valence-electron chi connectivity index (χ1n) is 10.6. The number of rotatable bonds is 9. The van der Waals surface area contributed by atoms with Gasteiger partial charge >= 0.3 is 11.9 Å². The molecule has 0 saturated carbocycles. The third-order valence-corrected chi connectivity index (χ3v) is 5.26. The second kappa shape index (κ2) is 11.8. The number of ether oxygens (including phenoxy) is 1. The highest BCUT2D eigenvalue weighted by Crippen LogP contribution is 2.24. The second-order valence-corrected chi connectivity index (χ2v) is 8.10. The number of carboxylic acids is 1. The van der Waals surface area contributed by atoms with Crippen LogP contribution in [0.4, 0.5) is 10.1 Å². The maximum atomic E-state index is 13.4. The van der Waals surface area contributed by atoms with Gasteiger partial charge in [0, 0.05) is 11.4 Å². The van der Waals surface area contributed by atoms with Gasteiger partial charge in [-0.05, 0) is 59.7 Å². The van der Waals surface area contributed by atoms with E-state index in [1.807, 2.05) is 0 Å². The van der Waals surface area contributed by atoms with Gasteiger partial charge < -0.3 is 26.6 Å². The molecule has 11 heteroatoms. The lowest BCUT2D eigenvalue weighted by molar-refractivity contribution is -0.141. The third kappa shape index (κ3) is 7.54. The number of aliphatic imine (C=N–C) groups is 1. The average molecular weight is 513 g/mol. The van der Waals surface area contributed by atoms with Gasteiger partial charge in [0.2, 0.25) is 5.91 Å². The zero-order valence-electron chi connectivity index (χ0n) is 18.8. The van der Waals surface area contributed by atoms with Crippen LogP contribution >= 0.6 is 11.6 Å². The largest absolute Gasteiger partial charge is 0.480 e. The maximum Gasteiger partial charge on any atom is 0.343 e. The molecule has 6 N–H and O–H groups in total. The molecule has 0 radical (unpaired) electrons. The normalized spacial score (nSPS) is 11.3. The van der Waals surface area contributed by atoms with Gasteiger partial charge in [-0.1, -0.05) is 29.8 Å². The van der Waals surface area contributed by atoms with Gasteiger partial charge in [0.05, 0.1) is 17.7 Å². The number of halogens is 2. The Morgan fingerprint density at radius 3 is 2.39 bits per heavy atom. The summed E-state index contributed by atoms with van der Waals surface area (Å²) in [5.41, 5.74) is 12.2. The highest BCUT2D eigenvalue weighted by atomic mass is 35.5. The van der Waals surface area contributed by atoms with E-state index < -0.39 is 29.7 Å². The van der Waals surface area contributed by atoms with E-state index in [-0.39, 0.29) is 35.1 Å². The summed E-state index contributed by atoms with van der Waals surface area (Å²) < 4.78 is 18.7. The zero-order valence-corrected chi connectivity index (χ0v) is 19.5. The quantitative estimate of drug-likeness (QED) is 0.148. The van der Waals surface area contributed by atoms with E-state index in [0.29, 0.717) is 16.8 Å². The number of carbonyl (C=O) groups is 3. The van der Waals surface area contributed by atoms with Gasteiger partial charge in [-0.3, -0.25) is 4.79 Å². The number of hydrogen-bond donors (Lipinski definition) is 4. The summed E-state index contributed by atoms with van der Waals surface area (Å²) in [6.07, 6.45) is -0.305. The number of carbonyl (C=O) groups excluding carboxylic acids is 2. The van der Waals surface area contributed by atoms with Gasteiger partial charge in [-0.25, -0.2) is 19.0 Å². The number of amides is 1. The monoisotopic (exact) mass is 512 g/mol. The molecule has 0 aromatic heterocycles. The van der Waals surface area contributed by atoms with Crippen LogP contribution in [0.1, 0.15) is 21.5 Å². The van der Waals surface area contributed by atoms with Crippen molar-refractivity contribution in [3.63, 3.8) is 0 Å². The van der Waals surface area contributed by atoms with Crippen molar-refractivity contribution in [2.75, 3.05) is 0 Å². The fraction of sp³-hybridized carbons (Fsp3) is 0.120. The predicted octanol–water partition coefficient (Wildman–Crippen LogP) is 2.96. The van der Waals surface area contributed by atoms with Gasteiger partial charge in [-0.2, -0.15) is 0 Å². The van der Waals surface area contributed by atoms with E-state index in [2.05, 4.69) is 10.3 Å². The average Bonchev–Trinajstić information content (AvgIpc) is 2.80. The van der Waals surface area contributed by atoms with Crippen molar-refractivity contribution >= 4 is 41.1 Å². The smallest absolute Gasteiger partial charge is 0.343 e. The molecule has 0 spiro atoms. The molecule has 0 heterocycles. The highest BCUT2D eigenvalue weighted by Gasteiger charge is 2.21. The van der Waals surface area contributed by atoms with Crippen LogP contribution in [-0.4, -0.2) is 35.0 Å². The number of benzene rings is 3. The Labute approximate surface area is 210 Å². The van der Waals surface area contributed by atoms with E-state index in [0.717, 1.165) is 0 Å². The van der Waals surface area contributed by atoms with Gasteiger partial charge in [0.1, 0.15) is 17.6 Å². The molecule has 3 rings (SSSR count). The summed E-state index contributed by atoms with van der Waals surface area (Å²) in [5.74, 6) is -2.96. The first kappa shape index (κ1) is 26.2. The molecule has 3 aromatic rings. The number of nitrogens with two attached hydrogens (primary N) is 2. The summed E-state index contributed by atoms with van der Waals surface area (Å²) >= 11 is 6.25. The van der Waals surface area contributed by atoms with Crippen molar-refractivity contribution in [1.82, 2.24) is 5.32 Å². The Morgan fingerprint density at radius 1 is 1.06 bits per heavy atom. The van der Waals surface area contributed by atoms with E-state index >= 15 is 0 Å². The van der Waals surface area contributed by atoms with E-state index in [9.17, 15) is 23.9 Å². The Balaban J connectivity index is 1.61. The molecule has 0 aliphatic rings. The molecule has 186 valence electrons. The minimum absolute atomic E-state index is 0.0889. The second-order valence-electron chi connectivity index (χ2n) is 7.70. The fourth-order valence-corrected chi connectivity index (χ4v) is 3.48. The van der Waals surface area contributed by atoms with Crippen LogP contribution in [0.5, 0.6) is 5.75 Å². The van der Waals surface area contributed by atoms with Crippen molar-refractivity contribution < 1.29 is 28.6 Å².